The standard InChI is InChI=1S/C25H22O3S2/c1-15(26)17-5-3-7-19(13-17)21-9-11-29-24(21)23(28)25-22(10-12-30-25)20-8-4-6-18(14-20)16(2)27/h3-16,26-27H,1-2H3. The molecule has 2 unspecified atom stereocenters. The van der Waals surface area contributed by atoms with Crippen molar-refractivity contribution in [3.8, 4) is 22.3 Å². The molecule has 4 aromatic rings. The molecule has 2 N–H and O–H groups in total. The second-order valence-corrected chi connectivity index (χ2v) is 9.09. The van der Waals surface area contributed by atoms with E-state index in [0.717, 1.165) is 33.4 Å². The van der Waals surface area contributed by atoms with Gasteiger partial charge in [-0.05, 0) is 71.1 Å². The number of hydrogen-bond donors (Lipinski definition) is 2. The van der Waals surface area contributed by atoms with Crippen molar-refractivity contribution < 1.29 is 15.0 Å². The van der Waals surface area contributed by atoms with E-state index in [-0.39, 0.29) is 5.78 Å². The molecule has 30 heavy (non-hydrogen) atoms. The Labute approximate surface area is 183 Å². The Kier molecular flexibility index (Phi) is 5.97. The van der Waals surface area contributed by atoms with Crippen molar-refractivity contribution in [3.05, 3.63) is 92.3 Å². The van der Waals surface area contributed by atoms with Gasteiger partial charge in [0.2, 0.25) is 5.78 Å². The van der Waals surface area contributed by atoms with Gasteiger partial charge in [-0.15, -0.1) is 22.7 Å². The number of benzene rings is 2. The van der Waals surface area contributed by atoms with Crippen LogP contribution in [0.4, 0.5) is 0 Å². The number of rotatable bonds is 6. The van der Waals surface area contributed by atoms with Crippen LogP contribution in [0.1, 0.15) is 51.7 Å². The molecule has 0 fully saturated rings. The van der Waals surface area contributed by atoms with Crippen molar-refractivity contribution in [1.29, 1.82) is 0 Å². The normalized spacial score (nSPS) is 13.2. The fraction of sp³-hybridized carbons (Fsp3) is 0.160. The molecule has 2 heterocycles. The van der Waals surface area contributed by atoms with Gasteiger partial charge in [0.05, 0.1) is 22.0 Å². The zero-order chi connectivity index (χ0) is 21.3. The van der Waals surface area contributed by atoms with Gasteiger partial charge in [0.15, 0.2) is 0 Å². The Balaban J connectivity index is 1.74. The highest BCUT2D eigenvalue weighted by Crippen LogP contribution is 2.36. The van der Waals surface area contributed by atoms with E-state index in [1.54, 1.807) is 13.8 Å². The lowest BCUT2D eigenvalue weighted by atomic mass is 9.98. The molecule has 0 aliphatic rings. The molecule has 2 aromatic carbocycles. The third-order valence-electron chi connectivity index (χ3n) is 5.10. The minimum atomic E-state index is -0.562. The number of ketones is 1. The van der Waals surface area contributed by atoms with Crippen LogP contribution in [0, 0.1) is 0 Å². The van der Waals surface area contributed by atoms with Crippen LogP contribution < -0.4 is 0 Å². The van der Waals surface area contributed by atoms with Crippen LogP contribution in [0.2, 0.25) is 0 Å². The summed E-state index contributed by atoms with van der Waals surface area (Å²) >= 11 is 2.86. The second kappa shape index (κ2) is 8.66. The largest absolute Gasteiger partial charge is 0.389 e. The first kappa shape index (κ1) is 20.7. The molecule has 3 nitrogen and oxygen atoms in total. The monoisotopic (exact) mass is 434 g/mol. The van der Waals surface area contributed by atoms with E-state index >= 15 is 0 Å². The zero-order valence-corrected chi connectivity index (χ0v) is 18.3. The number of aliphatic hydroxyl groups is 2. The van der Waals surface area contributed by atoms with Gasteiger partial charge < -0.3 is 10.2 Å². The Bertz CT molecular complexity index is 1090. The summed E-state index contributed by atoms with van der Waals surface area (Å²) in [4.78, 5) is 14.9. The number of carbonyl (C=O) groups is 1. The summed E-state index contributed by atoms with van der Waals surface area (Å²) in [7, 11) is 0. The molecular weight excluding hydrogens is 412 g/mol. The maximum atomic E-state index is 13.5. The van der Waals surface area contributed by atoms with E-state index in [9.17, 15) is 15.0 Å². The molecule has 2 aromatic heterocycles. The first-order chi connectivity index (χ1) is 14.5. The molecule has 0 bridgehead atoms. The first-order valence-electron chi connectivity index (χ1n) is 9.72. The van der Waals surface area contributed by atoms with E-state index in [0.29, 0.717) is 9.75 Å². The van der Waals surface area contributed by atoms with Crippen LogP contribution in [0.15, 0.2) is 71.4 Å². The van der Waals surface area contributed by atoms with E-state index in [1.165, 1.54) is 22.7 Å². The lowest BCUT2D eigenvalue weighted by molar-refractivity contribution is 0.104. The van der Waals surface area contributed by atoms with Gasteiger partial charge >= 0.3 is 0 Å². The van der Waals surface area contributed by atoms with E-state index < -0.39 is 12.2 Å². The average molecular weight is 435 g/mol. The lowest BCUT2D eigenvalue weighted by Crippen LogP contribution is -2.00. The third kappa shape index (κ3) is 4.02. The maximum absolute atomic E-state index is 13.5. The van der Waals surface area contributed by atoms with Crippen LogP contribution in [0.5, 0.6) is 0 Å². The Morgan fingerprint density at radius 1 is 0.733 bits per heavy atom. The maximum Gasteiger partial charge on any atom is 0.214 e. The fourth-order valence-electron chi connectivity index (χ4n) is 3.46. The zero-order valence-electron chi connectivity index (χ0n) is 16.7. The summed E-state index contributed by atoms with van der Waals surface area (Å²) in [6, 6.07) is 19.3. The molecule has 0 amide bonds. The molecule has 0 radical (unpaired) electrons. The van der Waals surface area contributed by atoms with Crippen molar-refractivity contribution in [3.63, 3.8) is 0 Å². The fourth-order valence-corrected chi connectivity index (χ4v) is 5.25. The van der Waals surface area contributed by atoms with Gasteiger partial charge in [0.1, 0.15) is 0 Å². The molecule has 4 rings (SSSR count). The molecular formula is C25H22O3S2. The average Bonchev–Trinajstić information content (AvgIpc) is 3.43. The topological polar surface area (TPSA) is 57.5 Å². The number of carbonyl (C=O) groups excluding carboxylic acids is 1. The number of aliphatic hydroxyl groups excluding tert-OH is 2. The van der Waals surface area contributed by atoms with E-state index in [1.807, 2.05) is 71.4 Å². The van der Waals surface area contributed by atoms with Gasteiger partial charge in [0, 0.05) is 11.1 Å². The van der Waals surface area contributed by atoms with Crippen molar-refractivity contribution >= 4 is 28.5 Å². The van der Waals surface area contributed by atoms with Crippen LogP contribution in [0.3, 0.4) is 0 Å². The minimum absolute atomic E-state index is 0.00472. The first-order valence-corrected chi connectivity index (χ1v) is 11.5. The minimum Gasteiger partial charge on any atom is -0.389 e. The van der Waals surface area contributed by atoms with Gasteiger partial charge in [-0.3, -0.25) is 4.79 Å². The summed E-state index contributed by atoms with van der Waals surface area (Å²) in [6.07, 6.45) is -1.12. The van der Waals surface area contributed by atoms with Crippen LogP contribution >= 0.6 is 22.7 Å². The van der Waals surface area contributed by atoms with Crippen molar-refractivity contribution in [2.24, 2.45) is 0 Å². The molecule has 0 saturated carbocycles. The quantitative estimate of drug-likeness (QED) is 0.341. The van der Waals surface area contributed by atoms with Crippen molar-refractivity contribution in [2.75, 3.05) is 0 Å². The lowest BCUT2D eigenvalue weighted by Gasteiger charge is -2.10. The molecule has 2 atom stereocenters. The predicted molar refractivity (Wildman–Crippen MR) is 124 cm³/mol. The summed E-state index contributed by atoms with van der Waals surface area (Å²) in [5.74, 6) is -0.00472. The van der Waals surface area contributed by atoms with Gasteiger partial charge in [-0.1, -0.05) is 36.4 Å². The molecule has 5 heteroatoms. The predicted octanol–water partition coefficient (Wildman–Crippen LogP) is 6.48. The Hall–Kier alpha value is -2.57. The SMILES string of the molecule is CC(O)c1cccc(-c2ccsc2C(=O)c2sccc2-c2cccc(C(C)O)c2)c1. The third-order valence-corrected chi connectivity index (χ3v) is 6.93. The summed E-state index contributed by atoms with van der Waals surface area (Å²) in [6.45, 7) is 3.47. The van der Waals surface area contributed by atoms with Crippen LogP contribution in [0.25, 0.3) is 22.3 Å². The second-order valence-electron chi connectivity index (χ2n) is 7.26. The molecule has 0 saturated heterocycles. The van der Waals surface area contributed by atoms with E-state index in [2.05, 4.69) is 0 Å². The smallest absolute Gasteiger partial charge is 0.214 e. The summed E-state index contributed by atoms with van der Waals surface area (Å²) in [5.41, 5.74) is 5.25. The van der Waals surface area contributed by atoms with Gasteiger partial charge in [-0.25, -0.2) is 0 Å². The highest BCUT2D eigenvalue weighted by Gasteiger charge is 2.22. The highest BCUT2D eigenvalue weighted by molar-refractivity contribution is 7.16. The number of thiophene rings is 2. The van der Waals surface area contributed by atoms with Crippen molar-refractivity contribution in [1.82, 2.24) is 0 Å². The molecule has 152 valence electrons. The highest BCUT2D eigenvalue weighted by atomic mass is 32.1. The molecule has 0 spiro atoms. The van der Waals surface area contributed by atoms with Gasteiger partial charge in [-0.2, -0.15) is 0 Å². The number of hydrogen-bond acceptors (Lipinski definition) is 5. The Morgan fingerprint density at radius 2 is 1.17 bits per heavy atom. The summed E-state index contributed by atoms with van der Waals surface area (Å²) in [5, 5.41) is 23.7. The van der Waals surface area contributed by atoms with Crippen molar-refractivity contribution in [2.45, 2.75) is 26.1 Å². The molecule has 0 aliphatic heterocycles. The van der Waals surface area contributed by atoms with Crippen LogP contribution in [-0.4, -0.2) is 16.0 Å². The van der Waals surface area contributed by atoms with Gasteiger partial charge in [0.25, 0.3) is 0 Å². The summed E-state index contributed by atoms with van der Waals surface area (Å²) < 4.78 is 0. The van der Waals surface area contributed by atoms with E-state index in [4.69, 9.17) is 0 Å². The Morgan fingerprint density at radius 3 is 1.57 bits per heavy atom. The van der Waals surface area contributed by atoms with Crippen LogP contribution in [-0.2, 0) is 0 Å². The molecule has 0 aliphatic carbocycles.